The van der Waals surface area contributed by atoms with Gasteiger partial charge in [0.1, 0.15) is 11.5 Å². The van der Waals surface area contributed by atoms with Gasteiger partial charge in [0, 0.05) is 11.6 Å². The fourth-order valence-electron chi connectivity index (χ4n) is 2.58. The van der Waals surface area contributed by atoms with Gasteiger partial charge in [0.2, 0.25) is 12.7 Å². The van der Waals surface area contributed by atoms with Crippen molar-refractivity contribution in [2.24, 2.45) is 5.10 Å². The summed E-state index contributed by atoms with van der Waals surface area (Å²) >= 11 is 0. The number of methoxy groups -OCH3 is 2. The summed E-state index contributed by atoms with van der Waals surface area (Å²) in [5.74, 6) is 2.42. The Labute approximate surface area is 151 Å². The van der Waals surface area contributed by atoms with E-state index in [1.807, 2.05) is 18.2 Å². The van der Waals surface area contributed by atoms with Gasteiger partial charge in [-0.2, -0.15) is 5.10 Å². The first kappa shape index (κ1) is 17.6. The number of rotatable bonds is 6. The lowest BCUT2D eigenvalue weighted by Gasteiger charge is -2.10. The molecular weight excluding hydrogens is 336 g/mol. The normalized spacial score (nSPS) is 12.7. The molecule has 1 N–H and O–H groups in total. The molecule has 0 bridgehead atoms. The number of benzene rings is 2. The fraction of sp³-hybridized carbons (Fsp3) is 0.263. The van der Waals surface area contributed by atoms with Gasteiger partial charge in [-0.15, -0.1) is 0 Å². The van der Waals surface area contributed by atoms with Gasteiger partial charge in [-0.05, 0) is 36.8 Å². The first-order chi connectivity index (χ1) is 12.6. The standard InChI is InChI=1S/C19H20N2O5/c1-12(15-6-5-14(23-2)10-17(15)24-3)20-21-19(22)9-13-4-7-16-18(8-13)26-11-25-16/h4-8,10H,9,11H2,1-3H3,(H,21,22). The summed E-state index contributed by atoms with van der Waals surface area (Å²) in [7, 11) is 3.16. The molecule has 0 aliphatic carbocycles. The van der Waals surface area contributed by atoms with Crippen LogP contribution in [0, 0.1) is 0 Å². The second-order valence-electron chi connectivity index (χ2n) is 5.66. The third kappa shape index (κ3) is 3.88. The minimum atomic E-state index is -0.226. The molecule has 2 aromatic rings. The molecule has 3 rings (SSSR count). The first-order valence-electron chi connectivity index (χ1n) is 8.04. The Morgan fingerprint density at radius 2 is 1.92 bits per heavy atom. The van der Waals surface area contributed by atoms with Crippen molar-refractivity contribution in [2.45, 2.75) is 13.3 Å². The molecular formula is C19H20N2O5. The lowest BCUT2D eigenvalue weighted by atomic mass is 10.1. The van der Waals surface area contributed by atoms with Crippen LogP contribution in [0.3, 0.4) is 0 Å². The van der Waals surface area contributed by atoms with Gasteiger partial charge in [-0.25, -0.2) is 5.43 Å². The minimum Gasteiger partial charge on any atom is -0.497 e. The zero-order valence-corrected chi connectivity index (χ0v) is 14.9. The molecule has 7 nitrogen and oxygen atoms in total. The number of hydrazone groups is 1. The molecule has 0 fully saturated rings. The van der Waals surface area contributed by atoms with E-state index >= 15 is 0 Å². The molecule has 1 amide bonds. The van der Waals surface area contributed by atoms with E-state index in [4.69, 9.17) is 18.9 Å². The molecule has 136 valence electrons. The summed E-state index contributed by atoms with van der Waals surface area (Å²) in [6.45, 7) is 2.00. The number of nitrogens with zero attached hydrogens (tertiary/aromatic N) is 1. The van der Waals surface area contributed by atoms with E-state index in [0.717, 1.165) is 11.1 Å². The Morgan fingerprint density at radius 1 is 1.12 bits per heavy atom. The quantitative estimate of drug-likeness (QED) is 0.636. The summed E-state index contributed by atoms with van der Waals surface area (Å²) < 4.78 is 21.1. The fourth-order valence-corrected chi connectivity index (χ4v) is 2.58. The second-order valence-corrected chi connectivity index (χ2v) is 5.66. The Bertz CT molecular complexity index is 848. The highest BCUT2D eigenvalue weighted by Gasteiger charge is 2.14. The van der Waals surface area contributed by atoms with Crippen LogP contribution in [0.25, 0.3) is 0 Å². The van der Waals surface area contributed by atoms with Crippen molar-refractivity contribution in [3.63, 3.8) is 0 Å². The smallest absolute Gasteiger partial charge is 0.244 e. The Kier molecular flexibility index (Phi) is 5.26. The lowest BCUT2D eigenvalue weighted by molar-refractivity contribution is -0.120. The van der Waals surface area contributed by atoms with E-state index in [-0.39, 0.29) is 19.1 Å². The van der Waals surface area contributed by atoms with E-state index in [1.165, 1.54) is 0 Å². The number of fused-ring (bicyclic) bond motifs is 1. The van der Waals surface area contributed by atoms with Gasteiger partial charge in [0.05, 0.1) is 26.4 Å². The molecule has 0 saturated heterocycles. The summed E-state index contributed by atoms with van der Waals surface area (Å²) in [4.78, 5) is 12.2. The largest absolute Gasteiger partial charge is 0.497 e. The summed E-state index contributed by atoms with van der Waals surface area (Å²) in [5, 5.41) is 4.17. The van der Waals surface area contributed by atoms with E-state index in [0.29, 0.717) is 28.7 Å². The SMILES string of the molecule is COc1ccc(C(C)=NNC(=O)Cc2ccc3c(c2)OCO3)c(OC)c1. The van der Waals surface area contributed by atoms with Crippen LogP contribution in [0.15, 0.2) is 41.5 Å². The molecule has 26 heavy (non-hydrogen) atoms. The molecule has 2 aromatic carbocycles. The van der Waals surface area contributed by atoms with Crippen LogP contribution in [0.5, 0.6) is 23.0 Å². The summed E-state index contributed by atoms with van der Waals surface area (Å²) in [6.07, 6.45) is 0.188. The highest BCUT2D eigenvalue weighted by Crippen LogP contribution is 2.32. The van der Waals surface area contributed by atoms with Crippen LogP contribution >= 0.6 is 0 Å². The van der Waals surface area contributed by atoms with E-state index in [9.17, 15) is 4.79 Å². The molecule has 0 unspecified atom stereocenters. The maximum atomic E-state index is 12.2. The Hall–Kier alpha value is -3.22. The number of ether oxygens (including phenoxy) is 4. The number of amides is 1. The average molecular weight is 356 g/mol. The second kappa shape index (κ2) is 7.77. The van der Waals surface area contributed by atoms with Crippen molar-refractivity contribution in [3.05, 3.63) is 47.5 Å². The van der Waals surface area contributed by atoms with Gasteiger partial charge >= 0.3 is 0 Å². The topological polar surface area (TPSA) is 78.4 Å². The maximum absolute atomic E-state index is 12.2. The lowest BCUT2D eigenvalue weighted by Crippen LogP contribution is -2.21. The maximum Gasteiger partial charge on any atom is 0.244 e. The van der Waals surface area contributed by atoms with Crippen molar-refractivity contribution < 1.29 is 23.7 Å². The molecule has 0 saturated carbocycles. The number of carbonyl (C=O) groups is 1. The van der Waals surface area contributed by atoms with Crippen molar-refractivity contribution in [1.29, 1.82) is 0 Å². The van der Waals surface area contributed by atoms with Gasteiger partial charge in [-0.1, -0.05) is 6.07 Å². The van der Waals surface area contributed by atoms with Crippen LogP contribution in [0.2, 0.25) is 0 Å². The van der Waals surface area contributed by atoms with Gasteiger partial charge in [-0.3, -0.25) is 4.79 Å². The van der Waals surface area contributed by atoms with Gasteiger partial charge in [0.25, 0.3) is 0 Å². The molecule has 1 aliphatic rings. The monoisotopic (exact) mass is 356 g/mol. The van der Waals surface area contributed by atoms with Crippen molar-refractivity contribution in [1.82, 2.24) is 5.43 Å². The minimum absolute atomic E-state index is 0.188. The molecule has 1 heterocycles. The predicted octanol–water partition coefficient (Wildman–Crippen LogP) is 2.52. The zero-order chi connectivity index (χ0) is 18.5. The van der Waals surface area contributed by atoms with E-state index < -0.39 is 0 Å². The third-order valence-corrected chi connectivity index (χ3v) is 3.95. The molecule has 0 atom stereocenters. The van der Waals surface area contributed by atoms with Crippen LogP contribution in [0.4, 0.5) is 0 Å². The predicted molar refractivity (Wildman–Crippen MR) is 96.2 cm³/mol. The van der Waals surface area contributed by atoms with Crippen molar-refractivity contribution in [2.75, 3.05) is 21.0 Å². The molecule has 7 heteroatoms. The Balaban J connectivity index is 1.66. The molecule has 0 aromatic heterocycles. The van der Waals surface area contributed by atoms with Gasteiger partial charge < -0.3 is 18.9 Å². The first-order valence-corrected chi connectivity index (χ1v) is 8.04. The zero-order valence-electron chi connectivity index (χ0n) is 14.9. The summed E-state index contributed by atoms with van der Waals surface area (Å²) in [5.41, 5.74) is 4.79. The number of hydrogen-bond acceptors (Lipinski definition) is 6. The van der Waals surface area contributed by atoms with E-state index in [2.05, 4.69) is 10.5 Å². The van der Waals surface area contributed by atoms with Crippen LogP contribution < -0.4 is 24.4 Å². The van der Waals surface area contributed by atoms with E-state index in [1.54, 1.807) is 39.3 Å². The van der Waals surface area contributed by atoms with Crippen LogP contribution in [0.1, 0.15) is 18.1 Å². The number of nitrogens with one attached hydrogen (secondary N) is 1. The van der Waals surface area contributed by atoms with Gasteiger partial charge in [0.15, 0.2) is 11.5 Å². The van der Waals surface area contributed by atoms with Crippen molar-refractivity contribution >= 4 is 11.6 Å². The highest BCUT2D eigenvalue weighted by molar-refractivity contribution is 6.01. The molecule has 0 radical (unpaired) electrons. The molecule has 0 spiro atoms. The number of hydrogen-bond donors (Lipinski definition) is 1. The highest BCUT2D eigenvalue weighted by atomic mass is 16.7. The number of carbonyl (C=O) groups excluding carboxylic acids is 1. The summed E-state index contributed by atoms with van der Waals surface area (Å²) in [6, 6.07) is 10.8. The van der Waals surface area contributed by atoms with Crippen molar-refractivity contribution in [3.8, 4) is 23.0 Å². The Morgan fingerprint density at radius 3 is 2.69 bits per heavy atom. The molecule has 1 aliphatic heterocycles. The van der Waals surface area contributed by atoms with Crippen LogP contribution in [-0.2, 0) is 11.2 Å². The average Bonchev–Trinajstić information content (AvgIpc) is 3.13. The third-order valence-electron chi connectivity index (χ3n) is 3.95. The van der Waals surface area contributed by atoms with Crippen LogP contribution in [-0.4, -0.2) is 32.6 Å².